The fourth-order valence-corrected chi connectivity index (χ4v) is 3.03. The first-order chi connectivity index (χ1) is 12.3. The van der Waals surface area contributed by atoms with Gasteiger partial charge in [0.15, 0.2) is 5.78 Å². The van der Waals surface area contributed by atoms with E-state index in [4.69, 9.17) is 0 Å². The van der Waals surface area contributed by atoms with Crippen LogP contribution in [-0.4, -0.2) is 26.3 Å². The smallest absolute Gasteiger partial charge is 0.183 e. The van der Waals surface area contributed by atoms with Crippen molar-refractivity contribution in [2.24, 2.45) is 0 Å². The second kappa shape index (κ2) is 6.74. The highest BCUT2D eigenvalue weighted by Crippen LogP contribution is 2.29. The van der Waals surface area contributed by atoms with Crippen molar-refractivity contribution in [1.29, 1.82) is 5.26 Å². The van der Waals surface area contributed by atoms with Gasteiger partial charge in [-0.15, -0.1) is 0 Å². The molecule has 132 valence electrons. The van der Waals surface area contributed by atoms with Crippen molar-refractivity contribution in [2.75, 3.05) is 0 Å². The number of Topliss-reactive ketones (excluding diaryl/α,β-unsaturated/α-hetero) is 1. The maximum atomic E-state index is 12.3. The van der Waals surface area contributed by atoms with Gasteiger partial charge in [0.05, 0.1) is 29.3 Å². The number of nitrogens with zero attached hydrogens (tertiary/aromatic N) is 3. The van der Waals surface area contributed by atoms with Crippen LogP contribution in [0.1, 0.15) is 43.2 Å². The molecule has 26 heavy (non-hydrogen) atoms. The Morgan fingerprint density at radius 3 is 2.65 bits per heavy atom. The molecule has 0 bridgehead atoms. The van der Waals surface area contributed by atoms with Crippen LogP contribution in [0.25, 0.3) is 22.0 Å². The van der Waals surface area contributed by atoms with Crippen LogP contribution in [0.4, 0.5) is 0 Å². The second-order valence-electron chi connectivity index (χ2n) is 6.98. The van der Waals surface area contributed by atoms with Gasteiger partial charge in [0.1, 0.15) is 5.69 Å². The van der Waals surface area contributed by atoms with Crippen molar-refractivity contribution in [3.05, 3.63) is 53.7 Å². The topological polar surface area (TPSA) is 78.9 Å². The Bertz CT molecular complexity index is 1020. The van der Waals surface area contributed by atoms with Crippen LogP contribution in [0.2, 0.25) is 0 Å². The molecule has 3 rings (SSSR count). The molecule has 0 aliphatic carbocycles. The molecule has 0 aliphatic heterocycles. The number of carbonyl (C=O) groups is 1. The highest BCUT2D eigenvalue weighted by molar-refractivity contribution is 6.06. The molecule has 5 heteroatoms. The monoisotopic (exact) mass is 347 g/mol. The van der Waals surface area contributed by atoms with Crippen molar-refractivity contribution in [3.63, 3.8) is 0 Å². The van der Waals surface area contributed by atoms with Crippen LogP contribution in [0.3, 0.4) is 0 Å². The molecule has 0 radical (unpaired) electrons. The fraction of sp³-hybridized carbons (Fsp3) is 0.286. The van der Waals surface area contributed by atoms with E-state index in [9.17, 15) is 15.2 Å². The first-order valence-electron chi connectivity index (χ1n) is 8.59. The molecule has 1 aromatic heterocycles. The Morgan fingerprint density at radius 1 is 1.27 bits per heavy atom. The normalized spacial score (nSPS) is 11.5. The average Bonchev–Trinajstić information content (AvgIpc) is 2.97. The van der Waals surface area contributed by atoms with Crippen LogP contribution in [0.15, 0.2) is 42.5 Å². The lowest BCUT2D eigenvalue weighted by Crippen LogP contribution is -2.26. The maximum absolute atomic E-state index is 12.3. The Hall–Kier alpha value is -2.97. The van der Waals surface area contributed by atoms with Gasteiger partial charge in [-0.3, -0.25) is 9.48 Å². The summed E-state index contributed by atoms with van der Waals surface area (Å²) in [6.45, 7) is 5.48. The number of hydrogen-bond acceptors (Lipinski definition) is 4. The number of hydrogen-bond donors (Lipinski definition) is 1. The van der Waals surface area contributed by atoms with Crippen molar-refractivity contribution in [1.82, 2.24) is 9.78 Å². The Morgan fingerprint density at radius 2 is 2.00 bits per heavy atom. The van der Waals surface area contributed by atoms with E-state index in [1.54, 1.807) is 31.5 Å². The van der Waals surface area contributed by atoms with Gasteiger partial charge in [0.25, 0.3) is 0 Å². The minimum atomic E-state index is -0.966. The molecule has 0 fully saturated rings. The predicted molar refractivity (Wildman–Crippen MR) is 101 cm³/mol. The summed E-state index contributed by atoms with van der Waals surface area (Å²) in [5.74, 6) is -0.0327. The lowest BCUT2D eigenvalue weighted by Gasteiger charge is -2.17. The van der Waals surface area contributed by atoms with Gasteiger partial charge in [0.2, 0.25) is 0 Å². The summed E-state index contributed by atoms with van der Waals surface area (Å²) in [7, 11) is 0. The zero-order valence-electron chi connectivity index (χ0n) is 15.2. The summed E-state index contributed by atoms with van der Waals surface area (Å²) >= 11 is 0. The number of rotatable bonds is 5. The summed E-state index contributed by atoms with van der Waals surface area (Å²) in [5.41, 5.74) is 2.52. The molecule has 3 aromatic rings. The van der Waals surface area contributed by atoms with Crippen LogP contribution in [-0.2, 0) is 6.54 Å². The SMILES string of the molecule is CCC(=O)c1nn(CC(C)(C)O)c2cc(-c3ccccc3C#N)ccc12. The number of fused-ring (bicyclic) bond motifs is 1. The second-order valence-corrected chi connectivity index (χ2v) is 6.98. The first-order valence-corrected chi connectivity index (χ1v) is 8.59. The summed E-state index contributed by atoms with van der Waals surface area (Å²) in [5, 5.41) is 24.8. The van der Waals surface area contributed by atoms with E-state index in [0.29, 0.717) is 17.7 Å². The zero-order chi connectivity index (χ0) is 18.9. The zero-order valence-corrected chi connectivity index (χ0v) is 15.2. The molecular weight excluding hydrogens is 326 g/mol. The van der Waals surface area contributed by atoms with E-state index < -0.39 is 5.60 Å². The van der Waals surface area contributed by atoms with E-state index in [2.05, 4.69) is 11.2 Å². The van der Waals surface area contributed by atoms with E-state index in [0.717, 1.165) is 22.0 Å². The van der Waals surface area contributed by atoms with E-state index in [1.807, 2.05) is 36.4 Å². The van der Waals surface area contributed by atoms with Gasteiger partial charge >= 0.3 is 0 Å². The standard InChI is InChI=1S/C21H21N3O2/c1-4-19(25)20-17-10-9-14(16-8-6-5-7-15(16)12-22)11-18(17)24(23-20)13-21(2,3)26/h5-11,26H,4,13H2,1-3H3. The molecule has 5 nitrogen and oxygen atoms in total. The number of ketones is 1. The molecule has 0 saturated carbocycles. The van der Waals surface area contributed by atoms with Crippen molar-refractivity contribution in [2.45, 2.75) is 39.3 Å². The van der Waals surface area contributed by atoms with Crippen LogP contribution >= 0.6 is 0 Å². The molecule has 0 aliphatic rings. The average molecular weight is 347 g/mol. The molecule has 0 atom stereocenters. The molecule has 2 aromatic carbocycles. The van der Waals surface area contributed by atoms with Crippen molar-refractivity contribution >= 4 is 16.7 Å². The van der Waals surface area contributed by atoms with E-state index in [-0.39, 0.29) is 12.3 Å². The highest BCUT2D eigenvalue weighted by atomic mass is 16.3. The van der Waals surface area contributed by atoms with Gasteiger partial charge in [0, 0.05) is 11.8 Å². The molecule has 0 unspecified atom stereocenters. The summed E-state index contributed by atoms with van der Waals surface area (Å²) in [4.78, 5) is 12.3. The third-order valence-electron chi connectivity index (χ3n) is 4.23. The predicted octanol–water partition coefficient (Wildman–Crippen LogP) is 3.94. The third-order valence-corrected chi connectivity index (χ3v) is 4.23. The molecule has 1 heterocycles. The number of benzene rings is 2. The Labute approximate surface area is 152 Å². The van der Waals surface area contributed by atoms with Crippen LogP contribution in [0.5, 0.6) is 0 Å². The van der Waals surface area contributed by atoms with Crippen LogP contribution in [0, 0.1) is 11.3 Å². The van der Waals surface area contributed by atoms with Gasteiger partial charge in [-0.1, -0.05) is 31.2 Å². The number of carbonyl (C=O) groups excluding carboxylic acids is 1. The van der Waals surface area contributed by atoms with Crippen molar-refractivity contribution in [3.8, 4) is 17.2 Å². The molecule has 0 saturated heterocycles. The quantitative estimate of drug-likeness (QED) is 0.709. The minimum Gasteiger partial charge on any atom is -0.389 e. The minimum absolute atomic E-state index is 0.0327. The number of nitriles is 1. The largest absolute Gasteiger partial charge is 0.389 e. The van der Waals surface area contributed by atoms with Gasteiger partial charge in [-0.05, 0) is 43.2 Å². The van der Waals surface area contributed by atoms with Gasteiger partial charge in [-0.2, -0.15) is 10.4 Å². The lowest BCUT2D eigenvalue weighted by molar-refractivity contribution is 0.0588. The van der Waals surface area contributed by atoms with E-state index >= 15 is 0 Å². The highest BCUT2D eigenvalue weighted by Gasteiger charge is 2.21. The summed E-state index contributed by atoms with van der Waals surface area (Å²) in [6.07, 6.45) is 0.369. The molecule has 0 amide bonds. The third kappa shape index (κ3) is 3.37. The van der Waals surface area contributed by atoms with E-state index in [1.165, 1.54) is 0 Å². The Balaban J connectivity index is 2.23. The van der Waals surface area contributed by atoms with Crippen LogP contribution < -0.4 is 0 Å². The number of aliphatic hydroxyl groups is 1. The lowest BCUT2D eigenvalue weighted by atomic mass is 9.98. The Kier molecular flexibility index (Phi) is 4.62. The summed E-state index contributed by atoms with van der Waals surface area (Å²) in [6, 6.07) is 15.3. The maximum Gasteiger partial charge on any atom is 0.183 e. The van der Waals surface area contributed by atoms with Gasteiger partial charge in [-0.25, -0.2) is 0 Å². The van der Waals surface area contributed by atoms with Crippen molar-refractivity contribution < 1.29 is 9.90 Å². The molecule has 0 spiro atoms. The van der Waals surface area contributed by atoms with Gasteiger partial charge < -0.3 is 5.11 Å². The first kappa shape index (κ1) is 17.8. The number of aromatic nitrogens is 2. The molecule has 1 N–H and O–H groups in total. The fourth-order valence-electron chi connectivity index (χ4n) is 3.03. The summed E-state index contributed by atoms with van der Waals surface area (Å²) < 4.78 is 1.68. The molecular formula is C21H21N3O2.